The lowest BCUT2D eigenvalue weighted by Crippen LogP contribution is -2.15. The molecule has 74 valence electrons. The first-order chi connectivity index (χ1) is 6.45. The number of hydrogen-bond donors (Lipinski definition) is 1. The quantitative estimate of drug-likeness (QED) is 0.488. The van der Waals surface area contributed by atoms with Gasteiger partial charge in [-0.15, -0.1) is 0 Å². The second-order valence-corrected chi connectivity index (χ2v) is 3.17. The average molecular weight is 237 g/mol. The molecule has 0 bridgehead atoms. The van der Waals surface area contributed by atoms with Crippen molar-refractivity contribution in [2.24, 2.45) is 0 Å². The number of carbonyl (C=O) groups is 2. The molecule has 0 heterocycles. The fraction of sp³-hybridized carbons (Fsp3) is 0. The van der Waals surface area contributed by atoms with E-state index in [4.69, 9.17) is 28.3 Å². The van der Waals surface area contributed by atoms with Crippen molar-refractivity contribution in [1.29, 1.82) is 0 Å². The van der Waals surface area contributed by atoms with Crippen LogP contribution in [0.2, 0.25) is 10.0 Å². The number of carboxylic acids is 1. The standard InChI is InChI=1S/C8H3Cl2FO3/c9-3-1-2-4(10)6(11)5(3)7(12)8(13)14/h1-2H,(H,13,14). The number of hydrogen-bond acceptors (Lipinski definition) is 2. The third kappa shape index (κ3) is 1.86. The highest BCUT2D eigenvalue weighted by Gasteiger charge is 2.23. The zero-order chi connectivity index (χ0) is 10.9. The number of benzene rings is 1. The Morgan fingerprint density at radius 3 is 2.21 bits per heavy atom. The van der Waals surface area contributed by atoms with Crippen LogP contribution in [0, 0.1) is 5.82 Å². The molecule has 0 amide bonds. The minimum absolute atomic E-state index is 0.278. The topological polar surface area (TPSA) is 54.4 Å². The van der Waals surface area contributed by atoms with E-state index in [1.54, 1.807) is 0 Å². The number of rotatable bonds is 2. The van der Waals surface area contributed by atoms with E-state index in [-0.39, 0.29) is 10.0 Å². The van der Waals surface area contributed by atoms with Crippen molar-refractivity contribution < 1.29 is 19.1 Å². The van der Waals surface area contributed by atoms with Crippen LogP contribution in [-0.2, 0) is 4.79 Å². The number of ketones is 1. The van der Waals surface area contributed by atoms with Gasteiger partial charge in [0.1, 0.15) is 0 Å². The summed E-state index contributed by atoms with van der Waals surface area (Å²) in [5.41, 5.74) is -0.716. The molecule has 6 heteroatoms. The van der Waals surface area contributed by atoms with Crippen LogP contribution in [0.1, 0.15) is 10.4 Å². The van der Waals surface area contributed by atoms with E-state index in [2.05, 4.69) is 0 Å². The van der Waals surface area contributed by atoms with Crippen LogP contribution >= 0.6 is 23.2 Å². The second-order valence-electron chi connectivity index (χ2n) is 2.35. The summed E-state index contributed by atoms with van der Waals surface area (Å²) in [6.45, 7) is 0. The zero-order valence-electron chi connectivity index (χ0n) is 6.55. The van der Waals surface area contributed by atoms with E-state index in [1.807, 2.05) is 0 Å². The monoisotopic (exact) mass is 236 g/mol. The molecule has 0 fully saturated rings. The van der Waals surface area contributed by atoms with Crippen molar-refractivity contribution in [3.05, 3.63) is 33.6 Å². The summed E-state index contributed by atoms with van der Waals surface area (Å²) >= 11 is 10.8. The van der Waals surface area contributed by atoms with Gasteiger partial charge in [-0.2, -0.15) is 0 Å². The molecular formula is C8H3Cl2FO3. The van der Waals surface area contributed by atoms with Gasteiger partial charge in [-0.25, -0.2) is 9.18 Å². The summed E-state index contributed by atoms with van der Waals surface area (Å²) in [5.74, 6) is -4.32. The molecule has 0 spiro atoms. The molecule has 0 saturated carbocycles. The number of carbonyl (C=O) groups excluding carboxylic acids is 1. The summed E-state index contributed by atoms with van der Waals surface area (Å²) in [4.78, 5) is 21.3. The molecular weight excluding hydrogens is 234 g/mol. The van der Waals surface area contributed by atoms with E-state index < -0.39 is 23.1 Å². The van der Waals surface area contributed by atoms with Gasteiger partial charge < -0.3 is 5.11 Å². The van der Waals surface area contributed by atoms with Crippen molar-refractivity contribution >= 4 is 35.0 Å². The minimum atomic E-state index is -1.78. The maximum absolute atomic E-state index is 13.2. The molecule has 1 rings (SSSR count). The summed E-state index contributed by atoms with van der Waals surface area (Å²) in [6.07, 6.45) is 0. The fourth-order valence-electron chi connectivity index (χ4n) is 0.842. The molecule has 0 unspecified atom stereocenters. The Labute approximate surface area is 88.1 Å². The summed E-state index contributed by atoms with van der Waals surface area (Å²) < 4.78 is 13.2. The van der Waals surface area contributed by atoms with Crippen molar-refractivity contribution in [3.8, 4) is 0 Å². The van der Waals surface area contributed by atoms with Crippen LogP contribution in [0.15, 0.2) is 12.1 Å². The van der Waals surface area contributed by atoms with Gasteiger partial charge in [-0.05, 0) is 12.1 Å². The number of aliphatic carboxylic acids is 1. The van der Waals surface area contributed by atoms with Crippen LogP contribution < -0.4 is 0 Å². The van der Waals surface area contributed by atoms with Crippen LogP contribution in [0.4, 0.5) is 4.39 Å². The van der Waals surface area contributed by atoms with Gasteiger partial charge in [0.05, 0.1) is 15.6 Å². The Balaban J connectivity index is 3.40. The van der Waals surface area contributed by atoms with Crippen molar-refractivity contribution in [1.82, 2.24) is 0 Å². The SMILES string of the molecule is O=C(O)C(=O)c1c(Cl)ccc(Cl)c1F. The highest BCUT2D eigenvalue weighted by molar-refractivity contribution is 6.45. The molecule has 1 N–H and O–H groups in total. The Kier molecular flexibility index (Phi) is 3.08. The van der Waals surface area contributed by atoms with Crippen LogP contribution in [0.3, 0.4) is 0 Å². The van der Waals surface area contributed by atoms with Crippen LogP contribution in [-0.4, -0.2) is 16.9 Å². The fourth-order valence-corrected chi connectivity index (χ4v) is 1.23. The normalized spacial score (nSPS) is 9.93. The zero-order valence-corrected chi connectivity index (χ0v) is 8.06. The van der Waals surface area contributed by atoms with Crippen molar-refractivity contribution in [2.45, 2.75) is 0 Å². The Hall–Kier alpha value is -1.13. The molecule has 0 aromatic heterocycles. The van der Waals surface area contributed by atoms with Gasteiger partial charge in [0.2, 0.25) is 0 Å². The number of halogens is 3. The predicted molar refractivity (Wildman–Crippen MR) is 48.4 cm³/mol. The molecule has 0 saturated heterocycles. The Morgan fingerprint density at radius 1 is 1.21 bits per heavy atom. The first-order valence-electron chi connectivity index (χ1n) is 3.36. The first-order valence-corrected chi connectivity index (χ1v) is 4.12. The lowest BCUT2D eigenvalue weighted by atomic mass is 10.1. The van der Waals surface area contributed by atoms with Crippen LogP contribution in [0.5, 0.6) is 0 Å². The third-order valence-electron chi connectivity index (χ3n) is 1.47. The average Bonchev–Trinajstić information content (AvgIpc) is 2.12. The maximum Gasteiger partial charge on any atom is 0.377 e. The molecule has 3 nitrogen and oxygen atoms in total. The second kappa shape index (κ2) is 3.94. The van der Waals surface area contributed by atoms with Gasteiger partial charge >= 0.3 is 5.97 Å². The highest BCUT2D eigenvalue weighted by atomic mass is 35.5. The molecule has 14 heavy (non-hydrogen) atoms. The van der Waals surface area contributed by atoms with E-state index in [1.165, 1.54) is 0 Å². The van der Waals surface area contributed by atoms with Crippen molar-refractivity contribution in [2.75, 3.05) is 0 Å². The maximum atomic E-state index is 13.2. The smallest absolute Gasteiger partial charge is 0.377 e. The van der Waals surface area contributed by atoms with E-state index >= 15 is 0 Å². The molecule has 0 aliphatic rings. The van der Waals surface area contributed by atoms with E-state index in [9.17, 15) is 14.0 Å². The summed E-state index contributed by atoms with van der Waals surface area (Å²) in [6, 6.07) is 2.29. The Bertz CT molecular complexity index is 417. The lowest BCUT2D eigenvalue weighted by molar-refractivity contribution is -0.131. The predicted octanol–water partition coefficient (Wildman–Crippen LogP) is 2.40. The van der Waals surface area contributed by atoms with Crippen molar-refractivity contribution in [3.63, 3.8) is 0 Å². The van der Waals surface area contributed by atoms with Gasteiger partial charge in [0, 0.05) is 0 Å². The first kappa shape index (κ1) is 10.9. The largest absolute Gasteiger partial charge is 0.475 e. The van der Waals surface area contributed by atoms with E-state index in [0.29, 0.717) is 0 Å². The van der Waals surface area contributed by atoms with Gasteiger partial charge in [0.15, 0.2) is 5.82 Å². The lowest BCUT2D eigenvalue weighted by Gasteiger charge is -2.02. The van der Waals surface area contributed by atoms with Gasteiger partial charge in [-0.1, -0.05) is 23.2 Å². The highest BCUT2D eigenvalue weighted by Crippen LogP contribution is 2.25. The minimum Gasteiger partial charge on any atom is -0.475 e. The van der Waals surface area contributed by atoms with Gasteiger partial charge in [0.25, 0.3) is 5.78 Å². The number of carboxylic acid groups (broad SMARTS) is 1. The summed E-state index contributed by atoms with van der Waals surface area (Å²) in [7, 11) is 0. The van der Waals surface area contributed by atoms with Crippen LogP contribution in [0.25, 0.3) is 0 Å². The molecule has 0 atom stereocenters. The molecule has 0 aliphatic heterocycles. The molecule has 1 aromatic rings. The molecule has 0 radical (unpaired) electrons. The molecule has 1 aromatic carbocycles. The summed E-state index contributed by atoms with van der Waals surface area (Å²) in [5, 5.41) is 7.73. The molecule has 0 aliphatic carbocycles. The Morgan fingerprint density at radius 2 is 1.71 bits per heavy atom. The number of Topliss-reactive ketones (excluding diaryl/α,β-unsaturated/α-hetero) is 1. The van der Waals surface area contributed by atoms with Gasteiger partial charge in [-0.3, -0.25) is 4.79 Å². The van der Waals surface area contributed by atoms with E-state index in [0.717, 1.165) is 12.1 Å². The third-order valence-corrected chi connectivity index (χ3v) is 2.07.